The average Bonchev–Trinajstić information content (AvgIpc) is 3.78. The summed E-state index contributed by atoms with van der Waals surface area (Å²) in [5, 5.41) is 2.41. The molecule has 2 aromatic heterocycles. The normalized spacial score (nSPS) is 13.7. The second-order valence-electron chi connectivity index (χ2n) is 17.1. The van der Waals surface area contributed by atoms with E-state index >= 15 is 0 Å². The molecule has 7 aromatic rings. The Bertz CT molecular complexity index is 2510. The maximum absolute atomic E-state index is 6.68. The molecule has 54 heavy (non-hydrogen) atoms. The molecule has 0 bridgehead atoms. The molecule has 5 nitrogen and oxygen atoms in total. The number of pyridine rings is 1. The predicted molar refractivity (Wildman–Crippen MR) is 226 cm³/mol. The average molecular weight is 711 g/mol. The molecule has 0 radical (unpaired) electrons. The number of benzene rings is 5. The van der Waals surface area contributed by atoms with Crippen LogP contribution in [-0.2, 0) is 16.2 Å². The van der Waals surface area contributed by atoms with E-state index in [9.17, 15) is 0 Å². The van der Waals surface area contributed by atoms with Crippen LogP contribution >= 0.6 is 0 Å². The molecule has 5 aromatic carbocycles. The largest absolute Gasteiger partial charge is 0.457 e. The van der Waals surface area contributed by atoms with Gasteiger partial charge in [0, 0.05) is 58.3 Å². The van der Waals surface area contributed by atoms with Crippen LogP contribution in [0.2, 0.25) is 0 Å². The lowest BCUT2D eigenvalue weighted by molar-refractivity contribution is 0.483. The van der Waals surface area contributed by atoms with Gasteiger partial charge in [-0.3, -0.25) is 4.57 Å². The first-order valence-corrected chi connectivity index (χ1v) is 19.0. The van der Waals surface area contributed by atoms with Crippen LogP contribution in [0.3, 0.4) is 0 Å². The van der Waals surface area contributed by atoms with Gasteiger partial charge in [-0.15, -0.1) is 0 Å². The zero-order chi connectivity index (χ0) is 37.8. The number of fused-ring (bicyclic) bond motifs is 3. The van der Waals surface area contributed by atoms with Gasteiger partial charge >= 0.3 is 0 Å². The third kappa shape index (κ3) is 6.53. The van der Waals surface area contributed by atoms with Gasteiger partial charge in [0.1, 0.15) is 17.3 Å². The van der Waals surface area contributed by atoms with Crippen molar-refractivity contribution in [3.05, 3.63) is 168 Å². The lowest BCUT2D eigenvalue weighted by Crippen LogP contribution is -2.25. The molecule has 0 amide bonds. The first kappa shape index (κ1) is 35.2. The topological polar surface area (TPSA) is 33.5 Å². The Hall–Kier alpha value is -5.81. The number of hydrogen-bond acceptors (Lipinski definition) is 4. The summed E-state index contributed by atoms with van der Waals surface area (Å²) >= 11 is 0. The third-order valence-corrected chi connectivity index (χ3v) is 10.9. The Labute approximate surface area is 320 Å². The molecule has 0 spiro atoms. The summed E-state index contributed by atoms with van der Waals surface area (Å²) in [4.78, 5) is 9.50. The molecular formula is C49H50N4O. The van der Waals surface area contributed by atoms with Crippen LogP contribution in [0.4, 0.5) is 11.4 Å². The maximum Gasteiger partial charge on any atom is 0.137 e. The van der Waals surface area contributed by atoms with Crippen LogP contribution in [0.5, 0.6) is 11.5 Å². The highest BCUT2D eigenvalue weighted by molar-refractivity contribution is 6.11. The van der Waals surface area contributed by atoms with Crippen molar-refractivity contribution in [2.75, 3.05) is 16.5 Å². The Morgan fingerprint density at radius 2 is 1.17 bits per heavy atom. The second kappa shape index (κ2) is 13.2. The monoisotopic (exact) mass is 710 g/mol. The van der Waals surface area contributed by atoms with E-state index in [0.29, 0.717) is 0 Å². The van der Waals surface area contributed by atoms with Gasteiger partial charge in [0.05, 0.1) is 17.7 Å². The van der Waals surface area contributed by atoms with E-state index in [-0.39, 0.29) is 16.2 Å². The van der Waals surface area contributed by atoms with Crippen LogP contribution in [0.15, 0.2) is 146 Å². The molecule has 0 saturated carbocycles. The number of nitrogens with zero attached hydrogens (tertiary/aromatic N) is 4. The summed E-state index contributed by atoms with van der Waals surface area (Å²) in [7, 11) is 0. The van der Waals surface area contributed by atoms with Gasteiger partial charge in [-0.2, -0.15) is 0 Å². The highest BCUT2D eigenvalue weighted by Gasteiger charge is 2.28. The van der Waals surface area contributed by atoms with Gasteiger partial charge in [-0.05, 0) is 87.7 Å². The van der Waals surface area contributed by atoms with Gasteiger partial charge < -0.3 is 14.5 Å². The summed E-state index contributed by atoms with van der Waals surface area (Å²) in [5.74, 6) is 2.46. The van der Waals surface area contributed by atoms with Crippen molar-refractivity contribution in [3.63, 3.8) is 0 Å². The second-order valence-corrected chi connectivity index (χ2v) is 17.1. The van der Waals surface area contributed by atoms with Crippen LogP contribution in [0.25, 0.3) is 27.6 Å². The minimum atomic E-state index is -0.231. The van der Waals surface area contributed by atoms with Crippen LogP contribution < -0.4 is 14.5 Å². The molecule has 0 fully saturated rings. The third-order valence-electron chi connectivity index (χ3n) is 10.9. The zero-order valence-corrected chi connectivity index (χ0v) is 32.8. The summed E-state index contributed by atoms with van der Waals surface area (Å²) in [5.41, 5.74) is 9.42. The summed E-state index contributed by atoms with van der Waals surface area (Å²) in [6.07, 6.45) is 6.23. The minimum absolute atomic E-state index is 0.0196. The molecule has 1 aliphatic rings. The molecule has 0 atom stereocenters. The molecule has 1 aliphatic heterocycles. The predicted octanol–water partition coefficient (Wildman–Crippen LogP) is 12.6. The molecular weight excluding hydrogens is 661 g/mol. The zero-order valence-electron chi connectivity index (χ0n) is 32.8. The van der Waals surface area contributed by atoms with Crippen LogP contribution in [0.1, 0.15) is 77.6 Å². The Kier molecular flexibility index (Phi) is 8.64. The van der Waals surface area contributed by atoms with Crippen molar-refractivity contribution in [3.8, 4) is 17.3 Å². The highest BCUT2D eigenvalue weighted by atomic mass is 16.5. The number of rotatable bonds is 7. The molecule has 5 heteroatoms. The fraction of sp³-hybridized carbons (Fsp3) is 0.245. The van der Waals surface area contributed by atoms with Crippen molar-refractivity contribution in [1.29, 1.82) is 0 Å². The first-order valence-electron chi connectivity index (χ1n) is 19.0. The van der Waals surface area contributed by atoms with E-state index in [2.05, 4.69) is 203 Å². The fourth-order valence-corrected chi connectivity index (χ4v) is 7.66. The Balaban J connectivity index is 1.18. The lowest BCUT2D eigenvalue weighted by Gasteiger charge is -2.27. The number of anilines is 2. The van der Waals surface area contributed by atoms with Gasteiger partial charge in [0.15, 0.2) is 0 Å². The van der Waals surface area contributed by atoms with E-state index in [1.165, 1.54) is 38.7 Å². The van der Waals surface area contributed by atoms with E-state index in [4.69, 9.17) is 9.72 Å². The number of ether oxygens (including phenoxy) is 1. The smallest absolute Gasteiger partial charge is 0.137 e. The standard InChI is InChI=1S/C49H50N4O/c1-47(2,3)35-17-12-18-37(29-35)51-27-28-52(33-51)38-19-13-20-39(31-38)54-40-23-24-41-44(32-40)53(45-30-36(25-26-50-45)48(4,5)6)43-22-14-21-42(46(41)43)49(7,8)34-15-10-9-11-16-34/h9-32H,33H2,1-8H3. The van der Waals surface area contributed by atoms with E-state index < -0.39 is 0 Å². The van der Waals surface area contributed by atoms with Crippen LogP contribution in [-0.4, -0.2) is 16.2 Å². The highest BCUT2D eigenvalue weighted by Crippen LogP contribution is 2.43. The summed E-state index contributed by atoms with van der Waals surface area (Å²) < 4.78 is 9.00. The van der Waals surface area contributed by atoms with E-state index in [1.807, 2.05) is 12.3 Å². The summed E-state index contributed by atoms with van der Waals surface area (Å²) in [6.45, 7) is 18.9. The molecule has 0 N–H and O–H groups in total. The fourth-order valence-electron chi connectivity index (χ4n) is 7.66. The number of hydrogen-bond donors (Lipinski definition) is 0. The van der Waals surface area contributed by atoms with Gasteiger partial charge in [-0.1, -0.05) is 116 Å². The van der Waals surface area contributed by atoms with Gasteiger partial charge in [0.25, 0.3) is 0 Å². The van der Waals surface area contributed by atoms with Gasteiger partial charge in [-0.25, -0.2) is 4.98 Å². The molecule has 3 heterocycles. The quantitative estimate of drug-likeness (QED) is 0.165. The Morgan fingerprint density at radius 1 is 0.537 bits per heavy atom. The van der Waals surface area contributed by atoms with Gasteiger partial charge in [0.2, 0.25) is 0 Å². The van der Waals surface area contributed by atoms with E-state index in [0.717, 1.165) is 40.7 Å². The van der Waals surface area contributed by atoms with Crippen molar-refractivity contribution in [2.45, 2.75) is 71.6 Å². The van der Waals surface area contributed by atoms with E-state index in [1.54, 1.807) is 0 Å². The minimum Gasteiger partial charge on any atom is -0.457 e. The lowest BCUT2D eigenvalue weighted by atomic mass is 9.76. The van der Waals surface area contributed by atoms with Crippen molar-refractivity contribution >= 4 is 33.2 Å². The summed E-state index contributed by atoms with van der Waals surface area (Å²) in [6, 6.07) is 45.5. The van der Waals surface area contributed by atoms with Crippen molar-refractivity contribution in [2.24, 2.45) is 0 Å². The maximum atomic E-state index is 6.68. The van der Waals surface area contributed by atoms with Crippen molar-refractivity contribution in [1.82, 2.24) is 9.55 Å². The number of aromatic nitrogens is 2. The molecule has 8 rings (SSSR count). The molecule has 0 aliphatic carbocycles. The van der Waals surface area contributed by atoms with Crippen LogP contribution in [0, 0.1) is 0 Å². The molecule has 0 saturated heterocycles. The first-order chi connectivity index (χ1) is 25.8. The molecule has 272 valence electrons. The molecule has 0 unspecified atom stereocenters. The Morgan fingerprint density at radius 3 is 1.89 bits per heavy atom. The van der Waals surface area contributed by atoms with Crippen molar-refractivity contribution < 1.29 is 4.74 Å². The SMILES string of the molecule is CC(C)(C)c1cccc(N2C=CN(c3cccc(Oc4ccc5c6c(C(C)(C)c7ccccc7)cccc6n(-c6cc(C(C)(C)C)ccn6)c5c4)c3)C2)c1.